The minimum atomic E-state index is 0.0213. The zero-order valence-electron chi connectivity index (χ0n) is 5.96. The molecule has 2 nitrogen and oxygen atoms in total. The summed E-state index contributed by atoms with van der Waals surface area (Å²) in [5, 5.41) is 8.76. The number of aliphatic hydroxyl groups excluding tert-OH is 1. The average molecular weight is 135 g/mol. The molecule has 0 aliphatic heterocycles. The Hall–Kier alpha value is -0.955. The van der Waals surface area contributed by atoms with Gasteiger partial charge in [-0.05, 0) is 5.56 Å². The molecule has 52 valence electrons. The fourth-order valence-electron chi connectivity index (χ4n) is 0.879. The lowest BCUT2D eigenvalue weighted by Gasteiger charge is -2.03. The zero-order valence-corrected chi connectivity index (χ0v) is 5.96. The van der Waals surface area contributed by atoms with Crippen molar-refractivity contribution in [2.45, 2.75) is 6.61 Å². The highest BCUT2D eigenvalue weighted by atomic mass is 16.3. The second kappa shape index (κ2) is 2.75. The molecule has 0 radical (unpaired) electrons. The monoisotopic (exact) mass is 135 g/mol. The lowest BCUT2D eigenvalue weighted by Crippen LogP contribution is -2.11. The van der Waals surface area contributed by atoms with E-state index in [1.54, 1.807) is 0 Å². The fourth-order valence-corrected chi connectivity index (χ4v) is 0.879. The van der Waals surface area contributed by atoms with Crippen molar-refractivity contribution in [3.63, 3.8) is 0 Å². The molecule has 0 amide bonds. The van der Waals surface area contributed by atoms with Gasteiger partial charge in [0.25, 0.3) is 0 Å². The normalized spacial score (nSPS) is 9.70. The summed E-state index contributed by atoms with van der Waals surface area (Å²) in [6.45, 7) is 0.0213. The molecule has 0 atom stereocenters. The lowest BCUT2D eigenvalue weighted by atomic mass is 9.92. The molecule has 0 saturated heterocycles. The Balaban J connectivity index is 3.14. The lowest BCUT2D eigenvalue weighted by molar-refractivity contribution is 0.282. The molecule has 0 fully saturated rings. The van der Waals surface area contributed by atoms with Crippen LogP contribution in [0.4, 0.5) is 5.69 Å². The summed E-state index contributed by atoms with van der Waals surface area (Å²) >= 11 is 0. The number of benzene rings is 1. The smallest absolute Gasteiger partial charge is 0.142 e. The van der Waals surface area contributed by atoms with Gasteiger partial charge in [0.1, 0.15) is 7.85 Å². The third kappa shape index (κ3) is 1.14. The van der Waals surface area contributed by atoms with Gasteiger partial charge in [-0.15, -0.1) is 0 Å². The first kappa shape index (κ1) is 7.16. The van der Waals surface area contributed by atoms with Crippen molar-refractivity contribution in [2.75, 3.05) is 5.73 Å². The number of nitrogens with two attached hydrogens (primary N) is 1. The van der Waals surface area contributed by atoms with Crippen LogP contribution in [0.15, 0.2) is 18.2 Å². The van der Waals surface area contributed by atoms with Gasteiger partial charge >= 0.3 is 0 Å². The van der Waals surface area contributed by atoms with Gasteiger partial charge in [0.05, 0.1) is 6.61 Å². The van der Waals surface area contributed by atoms with Gasteiger partial charge in [0, 0.05) is 5.69 Å². The van der Waals surface area contributed by atoms with Crippen molar-refractivity contribution < 1.29 is 5.11 Å². The van der Waals surface area contributed by atoms with Crippen LogP contribution in [0.2, 0.25) is 0 Å². The molecule has 3 N–H and O–H groups in total. The summed E-state index contributed by atoms with van der Waals surface area (Å²) in [5.41, 5.74) is 8.16. The summed E-state index contributed by atoms with van der Waals surface area (Å²) in [7, 11) is 1.93. The highest BCUT2D eigenvalue weighted by Gasteiger charge is 1.97. The van der Waals surface area contributed by atoms with Crippen molar-refractivity contribution in [2.24, 2.45) is 0 Å². The molecule has 0 aromatic heterocycles. The van der Waals surface area contributed by atoms with Crippen molar-refractivity contribution in [1.82, 2.24) is 0 Å². The van der Waals surface area contributed by atoms with E-state index in [2.05, 4.69) is 0 Å². The van der Waals surface area contributed by atoms with Crippen LogP contribution < -0.4 is 11.2 Å². The average Bonchev–Trinajstić information content (AvgIpc) is 1.95. The molecule has 0 heterocycles. The van der Waals surface area contributed by atoms with Crippen LogP contribution in [0.1, 0.15) is 5.56 Å². The Morgan fingerprint density at radius 2 is 2.20 bits per heavy atom. The van der Waals surface area contributed by atoms with E-state index in [0.717, 1.165) is 11.0 Å². The second-order valence-electron chi connectivity index (χ2n) is 2.31. The molecule has 1 rings (SSSR count). The summed E-state index contributed by atoms with van der Waals surface area (Å²) in [4.78, 5) is 0. The van der Waals surface area contributed by atoms with E-state index in [0.29, 0.717) is 5.69 Å². The first-order chi connectivity index (χ1) is 4.75. The molecule has 0 spiro atoms. The van der Waals surface area contributed by atoms with Crippen LogP contribution in [0.5, 0.6) is 0 Å². The predicted molar refractivity (Wildman–Crippen MR) is 45.0 cm³/mol. The molecule has 0 saturated carbocycles. The van der Waals surface area contributed by atoms with E-state index < -0.39 is 0 Å². The van der Waals surface area contributed by atoms with Crippen molar-refractivity contribution in [3.8, 4) is 0 Å². The third-order valence-corrected chi connectivity index (χ3v) is 1.58. The molecule has 0 aliphatic rings. The summed E-state index contributed by atoms with van der Waals surface area (Å²) in [5.74, 6) is 0. The Morgan fingerprint density at radius 3 is 2.70 bits per heavy atom. The van der Waals surface area contributed by atoms with Crippen molar-refractivity contribution in [3.05, 3.63) is 23.8 Å². The second-order valence-corrected chi connectivity index (χ2v) is 2.31. The summed E-state index contributed by atoms with van der Waals surface area (Å²) in [6.07, 6.45) is 0. The molecule has 1 aromatic carbocycles. The Bertz CT molecular complexity index is 237. The minimum absolute atomic E-state index is 0.0213. The Kier molecular flexibility index (Phi) is 1.97. The highest BCUT2D eigenvalue weighted by molar-refractivity contribution is 6.35. The Labute approximate surface area is 61.1 Å². The number of hydrogen-bond acceptors (Lipinski definition) is 2. The van der Waals surface area contributed by atoms with Crippen molar-refractivity contribution >= 4 is 19.0 Å². The zero-order chi connectivity index (χ0) is 7.56. The van der Waals surface area contributed by atoms with Crippen LogP contribution in [0, 0.1) is 0 Å². The van der Waals surface area contributed by atoms with Gasteiger partial charge in [-0.2, -0.15) is 0 Å². The molecule has 0 unspecified atom stereocenters. The number of nitrogen functional groups attached to an aromatic ring is 1. The quantitative estimate of drug-likeness (QED) is 0.384. The molecule has 1 aromatic rings. The predicted octanol–water partition coefficient (Wildman–Crippen LogP) is -0.981. The maximum Gasteiger partial charge on any atom is 0.142 e. The molecule has 10 heavy (non-hydrogen) atoms. The van der Waals surface area contributed by atoms with Crippen LogP contribution in [-0.4, -0.2) is 13.0 Å². The maximum atomic E-state index is 8.76. The number of aliphatic hydroxyl groups is 1. The fraction of sp³-hybridized carbons (Fsp3) is 0.143. The van der Waals surface area contributed by atoms with E-state index in [-0.39, 0.29) is 6.61 Å². The van der Waals surface area contributed by atoms with Gasteiger partial charge in [-0.3, -0.25) is 0 Å². The van der Waals surface area contributed by atoms with Crippen molar-refractivity contribution in [1.29, 1.82) is 0 Å². The van der Waals surface area contributed by atoms with E-state index in [4.69, 9.17) is 10.8 Å². The van der Waals surface area contributed by atoms with E-state index >= 15 is 0 Å². The summed E-state index contributed by atoms with van der Waals surface area (Å²) in [6, 6.07) is 5.63. The SMILES string of the molecule is Bc1cccc(CO)c1N. The first-order valence-electron chi connectivity index (χ1n) is 3.20. The molecule has 0 aliphatic carbocycles. The van der Waals surface area contributed by atoms with Gasteiger partial charge in [-0.1, -0.05) is 23.7 Å². The van der Waals surface area contributed by atoms with Gasteiger partial charge in [-0.25, -0.2) is 0 Å². The van der Waals surface area contributed by atoms with E-state index in [1.807, 2.05) is 26.0 Å². The molecule has 0 bridgehead atoms. The first-order valence-corrected chi connectivity index (χ1v) is 3.20. The maximum absolute atomic E-state index is 8.76. The number of para-hydroxylation sites is 1. The number of hydrogen-bond donors (Lipinski definition) is 2. The van der Waals surface area contributed by atoms with Crippen LogP contribution in [0.25, 0.3) is 0 Å². The molecular formula is C7H10BNO. The number of anilines is 1. The van der Waals surface area contributed by atoms with Gasteiger partial charge in [0.2, 0.25) is 0 Å². The standard InChI is InChI=1S/C7H10BNO/c8-6-3-1-2-5(4-10)7(6)9/h1-3,10H,4,8-9H2. The largest absolute Gasteiger partial charge is 0.399 e. The topological polar surface area (TPSA) is 46.2 Å². The third-order valence-electron chi connectivity index (χ3n) is 1.58. The van der Waals surface area contributed by atoms with Crippen LogP contribution in [-0.2, 0) is 6.61 Å². The van der Waals surface area contributed by atoms with Gasteiger partial charge in [0.15, 0.2) is 0 Å². The summed E-state index contributed by atoms with van der Waals surface area (Å²) < 4.78 is 0. The molecule has 3 heteroatoms. The Morgan fingerprint density at radius 1 is 1.50 bits per heavy atom. The van der Waals surface area contributed by atoms with Gasteiger partial charge < -0.3 is 10.8 Å². The highest BCUT2D eigenvalue weighted by Crippen LogP contribution is 2.06. The van der Waals surface area contributed by atoms with E-state index in [1.165, 1.54) is 0 Å². The number of rotatable bonds is 1. The molecular weight excluding hydrogens is 125 g/mol. The minimum Gasteiger partial charge on any atom is -0.399 e. The van der Waals surface area contributed by atoms with Crippen LogP contribution in [0.3, 0.4) is 0 Å². The van der Waals surface area contributed by atoms with Crippen LogP contribution >= 0.6 is 0 Å². The van der Waals surface area contributed by atoms with E-state index in [9.17, 15) is 0 Å².